The Bertz CT molecular complexity index is 3070. The summed E-state index contributed by atoms with van der Waals surface area (Å²) in [4.78, 5) is 149. The van der Waals surface area contributed by atoms with Gasteiger partial charge in [0.2, 0.25) is 35.4 Å². The van der Waals surface area contributed by atoms with Crippen LogP contribution in [0.25, 0.3) is 0 Å². The quantitative estimate of drug-likeness (QED) is 0.0356. The Morgan fingerprint density at radius 1 is 0.794 bits per heavy atom. The normalized spacial score (nSPS) is 24.2. The van der Waals surface area contributed by atoms with Crippen LogP contribution in [0.15, 0.2) is 54.6 Å². The van der Waals surface area contributed by atoms with Gasteiger partial charge in [-0.25, -0.2) is 4.79 Å². The minimum Gasteiger partial charge on any atom is -0.495 e. The molecular formula is C69H99ClN6O21. The number of aryl methyl sites for hydroxylation is 1. The van der Waals surface area contributed by atoms with Crippen molar-refractivity contribution in [1.29, 1.82) is 0 Å². The predicted octanol–water partition coefficient (Wildman–Crippen LogP) is 3.69. The fourth-order valence-corrected chi connectivity index (χ4v) is 11.5. The molecule has 0 aliphatic carbocycles. The zero-order valence-corrected chi connectivity index (χ0v) is 57.9. The summed E-state index contributed by atoms with van der Waals surface area (Å²) < 4.78 is 34.2. The molecule has 28 heteroatoms. The molecule has 5 rings (SSSR count). The standard InChI is InChI=1S/C69H99ClN6O21/c1-11-29-71-53(79)25-26-57(83)76(31-28-58(84)85)30-27-56(82)75-59(39(4)5)48(78)35-44(21-24-54(80)72-36-52-60(86)61(87)62(88)67(93-10)95-52)47(77)22-17-41-15-19-43(20-16-41)64-63(97-64)40(6)49-13-12-14-55(81)74-46(34-42-18-23-50(92-9)45(70)33-42)65(89)73-37-69(7,8)68(91)96-51(32-38(2)3)66(90)94-49/h12,14-16,18-20,23,33,38-40,44,46,49,51-52,59-64,67,86-88H,11,13,17,21-22,24-32,34-37H2,1-10H3,(H,71,79)(H,72,80)(H,73,89)(H,74,81)(H,75,82)(H,84,85)/b14-12+/t40-,44+,46+,49-,51-,52+,59-,60+,61-,62+,63+,64+,67+/m0/s1. The number of Topliss-reactive ketones (excluding diaryl/α,β-unsaturated/α-hetero) is 2. The number of ketones is 2. The number of rotatable bonds is 34. The number of halogens is 1. The van der Waals surface area contributed by atoms with Crippen LogP contribution in [0.4, 0.5) is 0 Å². The number of nitrogens with one attached hydrogen (secondary N) is 5. The van der Waals surface area contributed by atoms with Crippen LogP contribution < -0.4 is 31.3 Å². The SMILES string of the molecule is CCCNC(=O)CCC(=O)N(CCC(=O)O)CCC(=O)N[C@H](C(=O)C[C@@H](CCC(=O)NC[C@H]1O[C@@H](OC)[C@H](O)[C@@H](O)[C@@H]1O)C(=O)CCc1ccc([C@H]2O[C@@H]2[C@@H](C)[C@@H]2C/C=C/C(=O)N[C@H](Cc3ccc(OC)c(Cl)c3)C(=O)NCC(C)(C)C(=O)O[C@@H](CC(C)C)C(=O)O2)cc1)C(C)C. The van der Waals surface area contributed by atoms with Crippen LogP contribution in [0, 0.1) is 29.1 Å². The molecule has 9 N–H and O–H groups in total. The van der Waals surface area contributed by atoms with E-state index >= 15 is 0 Å². The molecule has 538 valence electrons. The van der Waals surface area contributed by atoms with E-state index < -0.39 is 150 Å². The molecular weight excluding hydrogens is 1280 g/mol. The average molecular weight is 1380 g/mol. The van der Waals surface area contributed by atoms with E-state index in [1.807, 2.05) is 52.0 Å². The first-order valence-electron chi connectivity index (χ1n) is 33.2. The fourth-order valence-electron chi connectivity index (χ4n) is 11.2. The van der Waals surface area contributed by atoms with E-state index in [1.165, 1.54) is 31.3 Å². The maximum atomic E-state index is 14.4. The van der Waals surface area contributed by atoms with Gasteiger partial charge in [-0.05, 0) is 86.3 Å². The lowest BCUT2D eigenvalue weighted by molar-refractivity contribution is -0.288. The van der Waals surface area contributed by atoms with Gasteiger partial charge in [0.1, 0.15) is 54.2 Å². The monoisotopic (exact) mass is 1380 g/mol. The lowest BCUT2D eigenvalue weighted by Gasteiger charge is -2.39. The Kier molecular flexibility index (Phi) is 32.0. The predicted molar refractivity (Wildman–Crippen MR) is 352 cm³/mol. The number of esters is 2. The van der Waals surface area contributed by atoms with Gasteiger partial charge >= 0.3 is 17.9 Å². The van der Waals surface area contributed by atoms with Gasteiger partial charge in [-0.1, -0.05) is 89.6 Å². The van der Waals surface area contributed by atoms with Crippen LogP contribution in [0.1, 0.15) is 149 Å². The highest BCUT2D eigenvalue weighted by Crippen LogP contribution is 2.45. The number of aliphatic hydroxyl groups is 3. The molecule has 13 atom stereocenters. The molecule has 3 aliphatic heterocycles. The Balaban J connectivity index is 1.30. The van der Waals surface area contributed by atoms with E-state index in [2.05, 4.69) is 26.6 Å². The maximum absolute atomic E-state index is 14.4. The number of ether oxygens (including phenoxy) is 6. The molecule has 6 amide bonds. The number of cyclic esters (lactones) is 2. The molecule has 0 radical (unpaired) electrons. The summed E-state index contributed by atoms with van der Waals surface area (Å²) in [5, 5.41) is 54.3. The van der Waals surface area contributed by atoms with Crippen LogP contribution in [0.3, 0.4) is 0 Å². The largest absolute Gasteiger partial charge is 0.495 e. The van der Waals surface area contributed by atoms with Crippen LogP contribution in [-0.2, 0) is 89.3 Å². The van der Waals surface area contributed by atoms with Gasteiger partial charge in [0.25, 0.3) is 0 Å². The highest BCUT2D eigenvalue weighted by atomic mass is 35.5. The van der Waals surface area contributed by atoms with Crippen molar-refractivity contribution in [3.05, 3.63) is 76.3 Å². The number of aliphatic carboxylic acids is 1. The van der Waals surface area contributed by atoms with Crippen molar-refractivity contribution in [3.63, 3.8) is 0 Å². The number of aliphatic hydroxyl groups excluding tert-OH is 3. The van der Waals surface area contributed by atoms with Gasteiger partial charge < -0.3 is 80.3 Å². The zero-order valence-electron chi connectivity index (χ0n) is 57.1. The topological polar surface area (TPSA) is 391 Å². The summed E-state index contributed by atoms with van der Waals surface area (Å²) in [5.74, 6) is -8.63. The molecule has 97 heavy (non-hydrogen) atoms. The Morgan fingerprint density at radius 3 is 2.11 bits per heavy atom. The maximum Gasteiger partial charge on any atom is 0.347 e. The van der Waals surface area contributed by atoms with Crippen molar-refractivity contribution in [2.75, 3.05) is 46.9 Å². The highest BCUT2D eigenvalue weighted by Gasteiger charge is 2.48. The van der Waals surface area contributed by atoms with Gasteiger partial charge in [0.15, 0.2) is 18.2 Å². The molecule has 27 nitrogen and oxygen atoms in total. The van der Waals surface area contributed by atoms with E-state index in [9.17, 15) is 73.2 Å². The summed E-state index contributed by atoms with van der Waals surface area (Å²) in [6, 6.07) is 10.0. The molecule has 2 saturated heterocycles. The van der Waals surface area contributed by atoms with Crippen molar-refractivity contribution in [2.24, 2.45) is 29.1 Å². The van der Waals surface area contributed by atoms with Gasteiger partial charge in [-0.3, -0.25) is 47.9 Å². The third kappa shape index (κ3) is 25.4. The third-order valence-corrected chi connectivity index (χ3v) is 17.6. The number of hydrogen-bond acceptors (Lipinski definition) is 20. The van der Waals surface area contributed by atoms with Gasteiger partial charge in [0.05, 0.1) is 36.1 Å². The van der Waals surface area contributed by atoms with E-state index in [0.717, 1.165) is 11.1 Å². The molecule has 0 unspecified atom stereocenters. The second-order valence-electron chi connectivity index (χ2n) is 26.4. The van der Waals surface area contributed by atoms with E-state index in [1.54, 1.807) is 45.9 Å². The van der Waals surface area contributed by atoms with Gasteiger partial charge in [0, 0.05) is 103 Å². The Labute approximate surface area is 571 Å². The van der Waals surface area contributed by atoms with Crippen molar-refractivity contribution in [3.8, 4) is 5.75 Å². The van der Waals surface area contributed by atoms with Gasteiger partial charge in [-0.2, -0.15) is 0 Å². The van der Waals surface area contributed by atoms with Crippen LogP contribution in [-0.4, -0.2) is 198 Å². The number of amides is 6. The van der Waals surface area contributed by atoms with Gasteiger partial charge in [-0.15, -0.1) is 0 Å². The highest BCUT2D eigenvalue weighted by molar-refractivity contribution is 6.32. The zero-order chi connectivity index (χ0) is 71.8. The number of hydrogen-bond donors (Lipinski definition) is 9. The minimum atomic E-state index is -1.65. The van der Waals surface area contributed by atoms with Crippen molar-refractivity contribution in [2.45, 2.75) is 206 Å². The average Bonchev–Trinajstić information content (AvgIpc) is 1.66. The van der Waals surface area contributed by atoms with Crippen LogP contribution in [0.5, 0.6) is 5.75 Å². The smallest absolute Gasteiger partial charge is 0.347 e. The lowest BCUT2D eigenvalue weighted by Crippen LogP contribution is -2.60. The number of epoxide rings is 1. The molecule has 3 heterocycles. The molecule has 2 aromatic rings. The second-order valence-corrected chi connectivity index (χ2v) is 26.8. The summed E-state index contributed by atoms with van der Waals surface area (Å²) in [6.45, 7) is 13.4. The Morgan fingerprint density at radius 2 is 1.47 bits per heavy atom. The number of benzene rings is 2. The fraction of sp³-hybridized carbons (Fsp3) is 0.638. The molecule has 3 aliphatic rings. The first-order valence-corrected chi connectivity index (χ1v) is 33.6. The Hall–Kier alpha value is -7.40. The first kappa shape index (κ1) is 80.3. The molecule has 0 bridgehead atoms. The molecule has 0 saturated carbocycles. The third-order valence-electron chi connectivity index (χ3n) is 17.3. The summed E-state index contributed by atoms with van der Waals surface area (Å²) >= 11 is 6.40. The summed E-state index contributed by atoms with van der Waals surface area (Å²) in [7, 11) is 2.70. The number of carbonyl (C=O) groups is 11. The number of carboxylic acids is 1. The number of nitrogens with zero attached hydrogens (tertiary/aromatic N) is 1. The lowest BCUT2D eigenvalue weighted by atomic mass is 9.85. The number of carbonyl (C=O) groups excluding carboxylic acids is 10. The van der Waals surface area contributed by atoms with E-state index in [4.69, 9.17) is 40.0 Å². The van der Waals surface area contributed by atoms with Crippen LogP contribution in [0.2, 0.25) is 5.02 Å². The van der Waals surface area contributed by atoms with E-state index in [-0.39, 0.29) is 114 Å². The number of methoxy groups -OCH3 is 2. The van der Waals surface area contributed by atoms with E-state index in [0.29, 0.717) is 29.3 Å². The summed E-state index contributed by atoms with van der Waals surface area (Å²) in [6.07, 6.45) is -8.55. The first-order chi connectivity index (χ1) is 45.9. The molecule has 2 fully saturated rings. The second kappa shape index (κ2) is 38.7. The molecule has 0 spiro atoms. The van der Waals surface area contributed by atoms with Crippen molar-refractivity contribution >= 4 is 76.5 Å². The summed E-state index contributed by atoms with van der Waals surface area (Å²) in [5.41, 5.74) is 0.787. The van der Waals surface area contributed by atoms with Crippen molar-refractivity contribution in [1.82, 2.24) is 31.5 Å². The minimum absolute atomic E-state index is 0.0251. The van der Waals surface area contributed by atoms with Crippen LogP contribution >= 0.6 is 11.6 Å². The molecule has 0 aromatic heterocycles. The molecule has 2 aromatic carbocycles. The van der Waals surface area contributed by atoms with Crippen molar-refractivity contribution < 1.29 is 102 Å². The number of carboxylic acid groups (broad SMARTS) is 1.